The highest BCUT2D eigenvalue weighted by atomic mass is 16.6. The van der Waals surface area contributed by atoms with E-state index < -0.39 is 12.1 Å². The largest absolute Gasteiger partial charge is 0.462 e. The summed E-state index contributed by atoms with van der Waals surface area (Å²) in [5, 5.41) is 9.55. The molecule has 0 aliphatic heterocycles. The van der Waals surface area contributed by atoms with Crippen LogP contribution in [0.3, 0.4) is 0 Å². The molecule has 0 radical (unpaired) electrons. The molecule has 5 nitrogen and oxygen atoms in total. The molecule has 0 saturated heterocycles. The van der Waals surface area contributed by atoms with Gasteiger partial charge in [-0.05, 0) is 77.0 Å². The number of hydrogen-bond donors (Lipinski definition) is 1. The number of rotatable bonds is 36. The highest BCUT2D eigenvalue weighted by Gasteiger charge is 2.15. The summed E-state index contributed by atoms with van der Waals surface area (Å²) in [5.41, 5.74) is 0. The van der Waals surface area contributed by atoms with Gasteiger partial charge >= 0.3 is 11.9 Å². The van der Waals surface area contributed by atoms with Crippen molar-refractivity contribution in [2.24, 2.45) is 0 Å². The number of allylic oxidation sites excluding steroid dienone is 14. The van der Waals surface area contributed by atoms with Crippen LogP contribution in [-0.2, 0) is 19.1 Å². The maximum Gasteiger partial charge on any atom is 0.306 e. The molecule has 1 unspecified atom stereocenters. The summed E-state index contributed by atoms with van der Waals surface area (Å²) in [5.74, 6) is -0.699. The Kier molecular flexibility index (Phi) is 39.1. The van der Waals surface area contributed by atoms with Gasteiger partial charge in [-0.3, -0.25) is 9.59 Å². The number of aliphatic hydroxyl groups is 1. The molecule has 0 fully saturated rings. The van der Waals surface area contributed by atoms with Crippen LogP contribution in [0.5, 0.6) is 0 Å². The lowest BCUT2D eigenvalue weighted by molar-refractivity contribution is -0.161. The first-order valence-corrected chi connectivity index (χ1v) is 20.6. The number of unbranched alkanes of at least 4 members (excludes halogenated alkanes) is 14. The van der Waals surface area contributed by atoms with E-state index in [0.29, 0.717) is 12.8 Å². The third-order valence-electron chi connectivity index (χ3n) is 8.44. The molecule has 0 amide bonds. The Morgan fingerprint density at radius 1 is 0.471 bits per heavy atom. The minimum absolute atomic E-state index is 0.103. The maximum atomic E-state index is 12.1. The highest BCUT2D eigenvalue weighted by Crippen LogP contribution is 2.12. The number of hydrogen-bond acceptors (Lipinski definition) is 5. The van der Waals surface area contributed by atoms with E-state index in [1.165, 1.54) is 83.5 Å². The van der Waals surface area contributed by atoms with Crippen molar-refractivity contribution in [1.29, 1.82) is 0 Å². The molecular formula is C46H76O5. The topological polar surface area (TPSA) is 72.8 Å². The van der Waals surface area contributed by atoms with Crippen molar-refractivity contribution in [3.05, 3.63) is 85.1 Å². The number of ether oxygens (including phenoxy) is 2. The van der Waals surface area contributed by atoms with E-state index in [1.807, 2.05) is 12.2 Å². The molecule has 1 atom stereocenters. The molecule has 0 aliphatic carbocycles. The van der Waals surface area contributed by atoms with Crippen LogP contribution in [0.2, 0.25) is 0 Å². The summed E-state index contributed by atoms with van der Waals surface area (Å²) in [6, 6.07) is 0. The number of carbonyl (C=O) groups excluding carboxylic acids is 2. The van der Waals surface area contributed by atoms with Crippen molar-refractivity contribution in [1.82, 2.24) is 0 Å². The molecule has 0 rings (SSSR count). The number of carbonyl (C=O) groups is 2. The van der Waals surface area contributed by atoms with Crippen LogP contribution in [0.1, 0.15) is 174 Å². The monoisotopic (exact) mass is 709 g/mol. The van der Waals surface area contributed by atoms with E-state index in [1.54, 1.807) is 0 Å². The lowest BCUT2D eigenvalue weighted by Gasteiger charge is -2.15. The Balaban J connectivity index is 3.70. The van der Waals surface area contributed by atoms with Crippen molar-refractivity contribution in [2.45, 2.75) is 180 Å². The Labute approximate surface area is 314 Å². The van der Waals surface area contributed by atoms with Crippen LogP contribution < -0.4 is 0 Å². The van der Waals surface area contributed by atoms with Gasteiger partial charge in [-0.25, -0.2) is 0 Å². The molecule has 290 valence electrons. The van der Waals surface area contributed by atoms with Crippen molar-refractivity contribution in [2.75, 3.05) is 13.2 Å². The maximum absolute atomic E-state index is 12.1. The van der Waals surface area contributed by atoms with Gasteiger partial charge in [-0.1, -0.05) is 170 Å². The second-order valence-corrected chi connectivity index (χ2v) is 13.3. The SMILES string of the molecule is CC/C=C\C/C=C\C/C=C\C/C=C\C/C=C\C/C=C\CCC(=O)OC(CO)COC(=O)CCCCCCCCC/C=C\CCCCCCCCC. The average Bonchev–Trinajstić information content (AvgIpc) is 3.13. The quantitative estimate of drug-likeness (QED) is 0.0398. The second-order valence-electron chi connectivity index (χ2n) is 13.3. The molecule has 0 spiro atoms. The van der Waals surface area contributed by atoms with Gasteiger partial charge in [0, 0.05) is 12.8 Å². The zero-order valence-electron chi connectivity index (χ0n) is 32.8. The summed E-state index contributed by atoms with van der Waals surface area (Å²) in [6.45, 7) is 3.95. The van der Waals surface area contributed by atoms with Gasteiger partial charge in [0.05, 0.1) is 6.61 Å². The summed E-state index contributed by atoms with van der Waals surface area (Å²) >= 11 is 0. The summed E-state index contributed by atoms with van der Waals surface area (Å²) in [6.07, 6.45) is 56.6. The highest BCUT2D eigenvalue weighted by molar-refractivity contribution is 5.70. The van der Waals surface area contributed by atoms with Crippen LogP contribution in [0.4, 0.5) is 0 Å². The van der Waals surface area contributed by atoms with E-state index in [-0.39, 0.29) is 25.6 Å². The predicted octanol–water partition coefficient (Wildman–Crippen LogP) is 13.1. The molecule has 1 N–H and O–H groups in total. The molecule has 0 aromatic carbocycles. The number of aliphatic hydroxyl groups excluding tert-OH is 1. The normalized spacial score (nSPS) is 13.1. The summed E-state index contributed by atoms with van der Waals surface area (Å²) < 4.78 is 10.6. The average molecular weight is 709 g/mol. The molecule has 51 heavy (non-hydrogen) atoms. The zero-order valence-corrected chi connectivity index (χ0v) is 32.8. The van der Waals surface area contributed by atoms with Gasteiger partial charge in [0.25, 0.3) is 0 Å². The van der Waals surface area contributed by atoms with E-state index in [9.17, 15) is 14.7 Å². The van der Waals surface area contributed by atoms with Crippen LogP contribution in [-0.4, -0.2) is 36.4 Å². The summed E-state index contributed by atoms with van der Waals surface area (Å²) in [4.78, 5) is 24.3. The molecule has 0 aliphatic rings. The predicted molar refractivity (Wildman–Crippen MR) is 219 cm³/mol. The molecule has 5 heteroatoms. The second kappa shape index (κ2) is 41.5. The van der Waals surface area contributed by atoms with Crippen LogP contribution in [0, 0.1) is 0 Å². The molecular weight excluding hydrogens is 633 g/mol. The van der Waals surface area contributed by atoms with Crippen molar-refractivity contribution in [3.63, 3.8) is 0 Å². The van der Waals surface area contributed by atoms with Gasteiger partial charge in [0.2, 0.25) is 0 Å². The Hall–Kier alpha value is -2.92. The zero-order chi connectivity index (χ0) is 37.1. The molecule has 0 aromatic heterocycles. The first kappa shape index (κ1) is 48.1. The Morgan fingerprint density at radius 2 is 0.882 bits per heavy atom. The van der Waals surface area contributed by atoms with Gasteiger partial charge in [-0.15, -0.1) is 0 Å². The lowest BCUT2D eigenvalue weighted by atomic mass is 10.1. The molecule has 0 saturated carbocycles. The van der Waals surface area contributed by atoms with Gasteiger partial charge in [0.1, 0.15) is 6.61 Å². The van der Waals surface area contributed by atoms with E-state index in [2.05, 4.69) is 86.8 Å². The summed E-state index contributed by atoms with van der Waals surface area (Å²) in [7, 11) is 0. The Bertz CT molecular complexity index is 984. The third-order valence-corrected chi connectivity index (χ3v) is 8.44. The van der Waals surface area contributed by atoms with Gasteiger partial charge in [0.15, 0.2) is 6.10 Å². The smallest absolute Gasteiger partial charge is 0.306 e. The molecule has 0 aromatic rings. The van der Waals surface area contributed by atoms with E-state index in [4.69, 9.17) is 9.47 Å². The minimum atomic E-state index is -0.818. The van der Waals surface area contributed by atoms with E-state index in [0.717, 1.165) is 57.8 Å². The first-order valence-electron chi connectivity index (χ1n) is 20.6. The molecule has 0 heterocycles. The van der Waals surface area contributed by atoms with Gasteiger partial charge < -0.3 is 14.6 Å². The van der Waals surface area contributed by atoms with Crippen molar-refractivity contribution >= 4 is 11.9 Å². The Morgan fingerprint density at radius 3 is 1.35 bits per heavy atom. The first-order chi connectivity index (χ1) is 25.1. The standard InChI is InChI=1S/C46H76O5/c1-3-5-7-9-11-13-15-17-19-21-23-25-27-29-31-33-35-37-39-41-46(49)51-44(42-47)43-50-45(48)40-38-36-34-32-30-28-26-24-22-20-18-16-14-12-10-8-6-4-2/h5,7,11,13,17,19-20,22-23,25,29,31,35,37,44,47H,3-4,6,8-10,12,14-16,18,21,24,26-28,30,32-34,36,38-43H2,1-2H3/b7-5-,13-11-,19-17-,22-20-,25-23-,31-29-,37-35-. The fourth-order valence-corrected chi connectivity index (χ4v) is 5.34. The fraction of sp³-hybridized carbons (Fsp3) is 0.652. The van der Waals surface area contributed by atoms with Gasteiger partial charge in [-0.2, -0.15) is 0 Å². The fourth-order valence-electron chi connectivity index (χ4n) is 5.34. The van der Waals surface area contributed by atoms with Crippen molar-refractivity contribution in [3.8, 4) is 0 Å². The molecule has 0 bridgehead atoms. The number of esters is 2. The van der Waals surface area contributed by atoms with E-state index >= 15 is 0 Å². The lowest BCUT2D eigenvalue weighted by Crippen LogP contribution is -2.28. The van der Waals surface area contributed by atoms with Crippen LogP contribution >= 0.6 is 0 Å². The van der Waals surface area contributed by atoms with Crippen LogP contribution in [0.15, 0.2) is 85.1 Å². The van der Waals surface area contributed by atoms with Crippen molar-refractivity contribution < 1.29 is 24.2 Å². The minimum Gasteiger partial charge on any atom is -0.462 e. The van der Waals surface area contributed by atoms with Crippen LogP contribution in [0.25, 0.3) is 0 Å². The third kappa shape index (κ3) is 39.7.